The summed E-state index contributed by atoms with van der Waals surface area (Å²) in [6.45, 7) is 8.82. The van der Waals surface area contributed by atoms with Crippen molar-refractivity contribution in [2.24, 2.45) is 5.92 Å². The Labute approximate surface area is 84.0 Å². The normalized spacial score (nSPS) is 31.5. The molecule has 0 bridgehead atoms. The zero-order valence-electron chi connectivity index (χ0n) is 8.43. The number of hydrogen-bond donors (Lipinski definition) is 0. The lowest BCUT2D eigenvalue weighted by Crippen LogP contribution is -2.30. The molecule has 1 saturated heterocycles. The van der Waals surface area contributed by atoms with Crippen molar-refractivity contribution >= 4 is 15.9 Å². The van der Waals surface area contributed by atoms with Crippen molar-refractivity contribution in [3.05, 3.63) is 0 Å². The topological polar surface area (TPSA) is 9.23 Å². The largest absolute Gasteiger partial charge is 0.373 e. The maximum Gasteiger partial charge on any atom is 0.0727 e. The molecule has 1 aliphatic rings. The molecule has 0 aromatic heterocycles. The molecule has 0 radical (unpaired) electrons. The van der Waals surface area contributed by atoms with Gasteiger partial charge in [0.2, 0.25) is 0 Å². The quantitative estimate of drug-likeness (QED) is 0.667. The van der Waals surface area contributed by atoms with Crippen LogP contribution in [0, 0.1) is 5.92 Å². The number of hydrogen-bond acceptors (Lipinski definition) is 1. The summed E-state index contributed by atoms with van der Waals surface area (Å²) in [6, 6.07) is 0. The molecule has 2 heteroatoms. The van der Waals surface area contributed by atoms with Crippen LogP contribution in [0.2, 0.25) is 0 Å². The minimum absolute atomic E-state index is 0.136. The summed E-state index contributed by atoms with van der Waals surface area (Å²) >= 11 is 3.66. The zero-order valence-corrected chi connectivity index (χ0v) is 10.0. The molecule has 0 N–H and O–H groups in total. The first-order chi connectivity index (χ1) is 5.41. The second kappa shape index (κ2) is 3.67. The molecule has 0 aromatic rings. The molecule has 1 aliphatic heterocycles. The van der Waals surface area contributed by atoms with Gasteiger partial charge in [-0.2, -0.15) is 0 Å². The van der Waals surface area contributed by atoms with Crippen LogP contribution >= 0.6 is 15.9 Å². The van der Waals surface area contributed by atoms with Crippen LogP contribution in [-0.2, 0) is 4.74 Å². The lowest BCUT2D eigenvalue weighted by Gasteiger charge is -2.25. The third-order valence-electron chi connectivity index (χ3n) is 2.56. The molecule has 0 aliphatic carbocycles. The van der Waals surface area contributed by atoms with Crippen molar-refractivity contribution in [3.63, 3.8) is 0 Å². The van der Waals surface area contributed by atoms with Crippen LogP contribution < -0.4 is 0 Å². The van der Waals surface area contributed by atoms with Crippen molar-refractivity contribution in [3.8, 4) is 0 Å². The van der Waals surface area contributed by atoms with Gasteiger partial charge in [-0.3, -0.25) is 0 Å². The van der Waals surface area contributed by atoms with Gasteiger partial charge in [-0.15, -0.1) is 0 Å². The fourth-order valence-corrected chi connectivity index (χ4v) is 2.00. The Kier molecular flexibility index (Phi) is 3.21. The average Bonchev–Trinajstić information content (AvgIpc) is 2.30. The molecule has 72 valence electrons. The Morgan fingerprint density at radius 1 is 1.33 bits per heavy atom. The Bertz CT molecular complexity index is 148. The first kappa shape index (κ1) is 10.5. The van der Waals surface area contributed by atoms with Crippen LogP contribution in [0.3, 0.4) is 0 Å². The first-order valence-corrected chi connectivity index (χ1v) is 5.55. The summed E-state index contributed by atoms with van der Waals surface area (Å²) in [4.78, 5) is 0. The van der Waals surface area contributed by atoms with E-state index >= 15 is 0 Å². The van der Waals surface area contributed by atoms with Gasteiger partial charge >= 0.3 is 0 Å². The maximum atomic E-state index is 5.94. The summed E-state index contributed by atoms with van der Waals surface area (Å²) in [5, 5.41) is 0. The van der Waals surface area contributed by atoms with Gasteiger partial charge in [0.15, 0.2) is 0 Å². The van der Waals surface area contributed by atoms with Crippen LogP contribution in [0.4, 0.5) is 0 Å². The predicted molar refractivity (Wildman–Crippen MR) is 55.7 cm³/mol. The van der Waals surface area contributed by atoms with E-state index in [0.717, 1.165) is 0 Å². The lowest BCUT2D eigenvalue weighted by molar-refractivity contribution is 0.00730. The van der Waals surface area contributed by atoms with Crippen molar-refractivity contribution < 1.29 is 4.74 Å². The third kappa shape index (κ3) is 2.46. The molecular weight excluding hydrogens is 216 g/mol. The molecule has 1 nitrogen and oxygen atoms in total. The molecule has 1 fully saturated rings. The van der Waals surface area contributed by atoms with Gasteiger partial charge in [0.25, 0.3) is 0 Å². The third-order valence-corrected chi connectivity index (χ3v) is 3.07. The summed E-state index contributed by atoms with van der Waals surface area (Å²) < 4.78 is 6.08. The number of halogens is 1. The van der Waals surface area contributed by atoms with E-state index in [9.17, 15) is 0 Å². The van der Waals surface area contributed by atoms with Crippen molar-refractivity contribution in [1.82, 2.24) is 0 Å². The Morgan fingerprint density at radius 2 is 1.92 bits per heavy atom. The van der Waals surface area contributed by atoms with E-state index in [0.29, 0.717) is 18.1 Å². The molecule has 0 saturated carbocycles. The van der Waals surface area contributed by atoms with Gasteiger partial charge in [0.1, 0.15) is 0 Å². The molecule has 12 heavy (non-hydrogen) atoms. The Hall–Kier alpha value is 0.440. The highest BCUT2D eigenvalue weighted by Gasteiger charge is 2.36. The van der Waals surface area contributed by atoms with Crippen LogP contribution in [0.5, 0.6) is 0 Å². The van der Waals surface area contributed by atoms with Gasteiger partial charge in [0.05, 0.1) is 12.2 Å². The molecule has 1 heterocycles. The fourth-order valence-electron chi connectivity index (χ4n) is 1.66. The molecule has 0 amide bonds. The highest BCUT2D eigenvalue weighted by molar-refractivity contribution is 9.10. The van der Waals surface area contributed by atoms with E-state index in [1.165, 1.54) is 12.8 Å². The average molecular weight is 235 g/mol. The van der Waals surface area contributed by atoms with E-state index < -0.39 is 0 Å². The highest BCUT2D eigenvalue weighted by Crippen LogP contribution is 2.35. The van der Waals surface area contributed by atoms with E-state index in [1.807, 2.05) is 0 Å². The summed E-state index contributed by atoms with van der Waals surface area (Å²) in [7, 11) is 0. The van der Waals surface area contributed by atoms with E-state index in [-0.39, 0.29) is 4.32 Å². The van der Waals surface area contributed by atoms with Gasteiger partial charge < -0.3 is 4.74 Å². The minimum Gasteiger partial charge on any atom is -0.373 e. The maximum absolute atomic E-state index is 5.94. The van der Waals surface area contributed by atoms with Crippen molar-refractivity contribution in [2.75, 3.05) is 0 Å². The van der Waals surface area contributed by atoms with Gasteiger partial charge in [0, 0.05) is 4.32 Å². The SMILES string of the molecule is CC(C)[C@H]1CC[C@@H](C(C)(C)Br)O1. The standard InChI is InChI=1S/C10H19BrO/c1-7(2)8-5-6-9(12-8)10(3,4)11/h7-9H,5-6H2,1-4H3/t8-,9+/m1/s1. The second-order valence-corrected chi connectivity index (χ2v) is 6.59. The minimum atomic E-state index is 0.136. The summed E-state index contributed by atoms with van der Waals surface area (Å²) in [6.07, 6.45) is 3.29. The molecule has 0 aromatic carbocycles. The Balaban J connectivity index is 2.46. The van der Waals surface area contributed by atoms with Gasteiger partial charge in [-0.05, 0) is 32.6 Å². The fraction of sp³-hybridized carbons (Fsp3) is 1.00. The lowest BCUT2D eigenvalue weighted by atomic mass is 10.0. The monoisotopic (exact) mass is 234 g/mol. The van der Waals surface area contributed by atoms with Crippen molar-refractivity contribution in [1.29, 1.82) is 0 Å². The highest BCUT2D eigenvalue weighted by atomic mass is 79.9. The van der Waals surface area contributed by atoms with E-state index in [4.69, 9.17) is 4.74 Å². The summed E-state index contributed by atoms with van der Waals surface area (Å²) in [5.74, 6) is 0.657. The molecule has 0 unspecified atom stereocenters. The van der Waals surface area contributed by atoms with Crippen molar-refractivity contribution in [2.45, 2.75) is 57.1 Å². The summed E-state index contributed by atoms with van der Waals surface area (Å²) in [5.41, 5.74) is 0. The second-order valence-electron chi connectivity index (χ2n) is 4.55. The number of rotatable bonds is 2. The predicted octanol–water partition coefficient (Wildman–Crippen LogP) is 3.36. The Morgan fingerprint density at radius 3 is 2.17 bits per heavy atom. The van der Waals surface area contributed by atoms with Crippen LogP contribution in [0.15, 0.2) is 0 Å². The molecular formula is C10H19BrO. The molecule has 1 rings (SSSR count). The van der Waals surface area contributed by atoms with Gasteiger partial charge in [-0.1, -0.05) is 29.8 Å². The first-order valence-electron chi connectivity index (χ1n) is 4.75. The number of alkyl halides is 1. The van der Waals surface area contributed by atoms with Crippen LogP contribution in [0.25, 0.3) is 0 Å². The van der Waals surface area contributed by atoms with Crippen LogP contribution in [0.1, 0.15) is 40.5 Å². The molecule has 0 spiro atoms. The van der Waals surface area contributed by atoms with E-state index in [2.05, 4.69) is 43.6 Å². The number of ether oxygens (including phenoxy) is 1. The molecule has 2 atom stereocenters. The van der Waals surface area contributed by atoms with E-state index in [1.54, 1.807) is 0 Å². The van der Waals surface area contributed by atoms with Crippen LogP contribution in [-0.4, -0.2) is 16.5 Å². The van der Waals surface area contributed by atoms with Gasteiger partial charge in [-0.25, -0.2) is 0 Å². The smallest absolute Gasteiger partial charge is 0.0727 e. The zero-order chi connectivity index (χ0) is 9.35.